The molecule has 1 aliphatic heterocycles. The first-order valence-electron chi connectivity index (χ1n) is 12.5. The number of methoxy groups -OCH3 is 1. The van der Waals surface area contributed by atoms with Crippen LogP contribution in [0.5, 0.6) is 11.5 Å². The lowest BCUT2D eigenvalue weighted by atomic mass is 9.77. The van der Waals surface area contributed by atoms with Crippen molar-refractivity contribution in [3.8, 4) is 11.5 Å². The summed E-state index contributed by atoms with van der Waals surface area (Å²) in [5.74, 6) is -2.48. The molecule has 0 unspecified atom stereocenters. The molecule has 1 aliphatic carbocycles. The van der Waals surface area contributed by atoms with Crippen LogP contribution in [0.1, 0.15) is 40.7 Å². The van der Waals surface area contributed by atoms with E-state index in [0.29, 0.717) is 22.4 Å². The maximum Gasteiger partial charge on any atom is 0.290 e. The van der Waals surface area contributed by atoms with Crippen LogP contribution in [0.4, 0.5) is 0 Å². The summed E-state index contributed by atoms with van der Waals surface area (Å²) in [6, 6.07) is 6.59. The van der Waals surface area contributed by atoms with Gasteiger partial charge in [-0.2, -0.15) is 0 Å². The molecule has 0 aromatic heterocycles. The molecule has 4 rings (SSSR count). The number of benzene rings is 2. The molecule has 0 fully saturated rings. The smallest absolute Gasteiger partial charge is 0.290 e. The number of hydrogen-bond donors (Lipinski definition) is 3. The van der Waals surface area contributed by atoms with Crippen molar-refractivity contribution < 1.29 is 38.9 Å². The monoisotopic (exact) mass is 590 g/mol. The van der Waals surface area contributed by atoms with Crippen LogP contribution in [-0.2, 0) is 20.9 Å². The molecule has 2 aliphatic rings. The Bertz CT molecular complexity index is 1380. The Morgan fingerprint density at radius 3 is 2.55 bits per heavy atom. The number of fused-ring (bicyclic) bond motifs is 3. The zero-order valence-corrected chi connectivity index (χ0v) is 23.2. The number of nitrogens with zero attached hydrogens (tertiary/aromatic N) is 1. The summed E-state index contributed by atoms with van der Waals surface area (Å²) in [5, 5.41) is 24.1. The summed E-state index contributed by atoms with van der Waals surface area (Å²) in [5.41, 5.74) is 1.39. The normalized spacial score (nSPS) is 20.9. The number of ether oxygens (including phenoxy) is 2. The molecule has 4 atom stereocenters. The number of nitrogens with one attached hydrogen (secondary N) is 1. The second-order valence-corrected chi connectivity index (χ2v) is 10.2. The van der Waals surface area contributed by atoms with E-state index < -0.39 is 41.8 Å². The number of aliphatic hydroxyl groups is 2. The van der Waals surface area contributed by atoms with Gasteiger partial charge in [-0.05, 0) is 35.9 Å². The number of amides is 2. The zero-order chi connectivity index (χ0) is 29.1. The van der Waals surface area contributed by atoms with Gasteiger partial charge < -0.3 is 29.9 Å². The number of ketones is 1. The lowest BCUT2D eigenvalue weighted by molar-refractivity contribution is -0.148. The van der Waals surface area contributed by atoms with Gasteiger partial charge in [-0.25, -0.2) is 0 Å². The van der Waals surface area contributed by atoms with Gasteiger partial charge in [-0.15, -0.1) is 0 Å². The molecule has 0 saturated heterocycles. The van der Waals surface area contributed by atoms with Crippen molar-refractivity contribution in [2.75, 3.05) is 20.3 Å². The maximum absolute atomic E-state index is 13.4. The highest BCUT2D eigenvalue weighted by Crippen LogP contribution is 2.51. The van der Waals surface area contributed by atoms with E-state index in [-0.39, 0.29) is 53.8 Å². The topological polar surface area (TPSA) is 142 Å². The molecule has 1 heterocycles. The maximum atomic E-state index is 13.4. The highest BCUT2D eigenvalue weighted by molar-refractivity contribution is 6.42. The minimum atomic E-state index is -1.40. The number of aliphatic hydroxyl groups excluding tert-OH is 2. The average molecular weight is 591 g/mol. The van der Waals surface area contributed by atoms with Crippen LogP contribution in [-0.4, -0.2) is 77.5 Å². The summed E-state index contributed by atoms with van der Waals surface area (Å²) in [7, 11) is 1.40. The average Bonchev–Trinajstić information content (AvgIpc) is 3.35. The van der Waals surface area contributed by atoms with E-state index >= 15 is 0 Å². The summed E-state index contributed by atoms with van der Waals surface area (Å²) < 4.78 is 11.5. The van der Waals surface area contributed by atoms with Gasteiger partial charge in [0.05, 0.1) is 35.7 Å². The number of carbonyl (C=O) groups is 4. The quantitative estimate of drug-likeness (QED) is 0.283. The fourth-order valence-corrected chi connectivity index (χ4v) is 5.34. The molecule has 0 saturated carbocycles. The van der Waals surface area contributed by atoms with Crippen molar-refractivity contribution in [3.05, 3.63) is 68.7 Å². The molecule has 2 aromatic carbocycles. The molecule has 12 heteroatoms. The molecule has 0 bridgehead atoms. The van der Waals surface area contributed by atoms with Crippen molar-refractivity contribution in [2.45, 2.75) is 44.1 Å². The van der Waals surface area contributed by atoms with Crippen molar-refractivity contribution in [3.63, 3.8) is 0 Å². The number of carbonyl (C=O) groups excluding carboxylic acids is 4. The second-order valence-electron chi connectivity index (χ2n) is 9.36. The van der Waals surface area contributed by atoms with E-state index in [1.807, 2.05) is 0 Å². The van der Waals surface area contributed by atoms with Crippen LogP contribution >= 0.6 is 23.2 Å². The number of rotatable bonds is 10. The van der Waals surface area contributed by atoms with Crippen LogP contribution in [0.3, 0.4) is 0 Å². The zero-order valence-electron chi connectivity index (χ0n) is 21.7. The minimum Gasteiger partial charge on any atom is -0.493 e. The van der Waals surface area contributed by atoms with Crippen LogP contribution in [0.2, 0.25) is 10.0 Å². The van der Waals surface area contributed by atoms with Gasteiger partial charge >= 0.3 is 0 Å². The van der Waals surface area contributed by atoms with Crippen LogP contribution in [0.15, 0.2) is 42.0 Å². The van der Waals surface area contributed by atoms with Crippen LogP contribution < -0.4 is 14.8 Å². The number of aldehydes is 1. The van der Waals surface area contributed by atoms with Gasteiger partial charge in [-0.3, -0.25) is 19.2 Å². The first-order valence-corrected chi connectivity index (χ1v) is 13.3. The fraction of sp³-hybridized carbons (Fsp3) is 0.357. The number of Topliss-reactive ketones (excluding diaryl/α,β-unsaturated/α-hetero) is 1. The van der Waals surface area contributed by atoms with Crippen molar-refractivity contribution >= 4 is 47.1 Å². The molecule has 2 aromatic rings. The Labute approximate surface area is 240 Å². The predicted molar refractivity (Wildman–Crippen MR) is 146 cm³/mol. The van der Waals surface area contributed by atoms with E-state index in [2.05, 4.69) is 5.32 Å². The van der Waals surface area contributed by atoms with Gasteiger partial charge in [0.2, 0.25) is 11.7 Å². The SMILES string of the molecule is CCC(=O)C(=O)N(Cc1ccc(Cl)c(Cl)c1)[C@@H]1C=C(C(=O)NCCO)[C@@H]2c3cc(C=O)cc(OC)c3O[C@@H]2[C@H]1O. The number of hydrogen-bond acceptors (Lipinski definition) is 8. The molecule has 10 nitrogen and oxygen atoms in total. The lowest BCUT2D eigenvalue weighted by Gasteiger charge is -2.40. The Hall–Kier alpha value is -3.44. The molecular formula is C28H28Cl2N2O8. The molecule has 0 spiro atoms. The first kappa shape index (κ1) is 29.5. The van der Waals surface area contributed by atoms with Gasteiger partial charge in [0.25, 0.3) is 5.91 Å². The molecule has 2 amide bonds. The van der Waals surface area contributed by atoms with Crippen molar-refractivity contribution in [1.82, 2.24) is 10.2 Å². The standard InChI is InChI=1S/C28H28Cl2N2O8/c1-3-21(35)28(38)32(12-14-4-5-18(29)19(30)9-14)20-11-17(27(37)31-6-7-33)23-16-8-15(13-34)10-22(39-2)25(16)40-26(23)24(20)36/h4-5,8-11,13,20,23-24,26,33,36H,3,6-7,12H2,1-2H3,(H,31,37)/t20-,23+,24+,26+/m1/s1. The van der Waals surface area contributed by atoms with Gasteiger partial charge in [0.1, 0.15) is 18.5 Å². The van der Waals surface area contributed by atoms with Crippen LogP contribution in [0, 0.1) is 0 Å². The van der Waals surface area contributed by atoms with Gasteiger partial charge in [-0.1, -0.05) is 36.2 Å². The molecule has 0 radical (unpaired) electrons. The molecule has 212 valence electrons. The van der Waals surface area contributed by atoms with Crippen molar-refractivity contribution in [1.29, 1.82) is 0 Å². The third-order valence-corrected chi connectivity index (χ3v) is 7.67. The molecule has 3 N–H and O–H groups in total. The largest absolute Gasteiger partial charge is 0.493 e. The summed E-state index contributed by atoms with van der Waals surface area (Å²) in [6.07, 6.45) is -0.493. The highest BCUT2D eigenvalue weighted by Gasteiger charge is 2.51. The van der Waals surface area contributed by atoms with Gasteiger partial charge in [0, 0.05) is 36.2 Å². The van der Waals surface area contributed by atoms with E-state index in [9.17, 15) is 29.4 Å². The third-order valence-electron chi connectivity index (χ3n) is 6.93. The first-order chi connectivity index (χ1) is 19.1. The summed E-state index contributed by atoms with van der Waals surface area (Å²) in [6.45, 7) is 1.05. The minimum absolute atomic E-state index is 0.0492. The Balaban J connectivity index is 1.85. The third kappa shape index (κ3) is 5.57. The summed E-state index contributed by atoms with van der Waals surface area (Å²) >= 11 is 12.2. The molecular weight excluding hydrogens is 563 g/mol. The van der Waals surface area contributed by atoms with Crippen molar-refractivity contribution in [2.24, 2.45) is 0 Å². The Morgan fingerprint density at radius 2 is 1.93 bits per heavy atom. The lowest BCUT2D eigenvalue weighted by Crippen LogP contribution is -2.56. The fourth-order valence-electron chi connectivity index (χ4n) is 5.02. The number of halogens is 2. The van der Waals surface area contributed by atoms with Crippen LogP contribution in [0.25, 0.3) is 0 Å². The summed E-state index contributed by atoms with van der Waals surface area (Å²) in [4.78, 5) is 52.1. The molecule has 40 heavy (non-hydrogen) atoms. The Morgan fingerprint density at radius 1 is 1.18 bits per heavy atom. The van der Waals surface area contributed by atoms with E-state index in [0.717, 1.165) is 0 Å². The predicted octanol–water partition coefficient (Wildman–Crippen LogP) is 2.45. The van der Waals surface area contributed by atoms with Gasteiger partial charge in [0.15, 0.2) is 11.5 Å². The van der Waals surface area contributed by atoms with E-state index in [4.69, 9.17) is 32.7 Å². The second kappa shape index (κ2) is 12.4. The van der Waals surface area contributed by atoms with E-state index in [1.165, 1.54) is 24.2 Å². The highest BCUT2D eigenvalue weighted by atomic mass is 35.5. The Kier molecular flexibility index (Phi) is 9.15. The van der Waals surface area contributed by atoms with E-state index in [1.54, 1.807) is 31.2 Å².